The fourth-order valence-electron chi connectivity index (χ4n) is 1.24. The van der Waals surface area contributed by atoms with Crippen molar-refractivity contribution >= 4 is 47.8 Å². The Labute approximate surface area is 264 Å². The molecule has 0 aromatic carbocycles. The molecule has 0 spiro atoms. The van der Waals surface area contributed by atoms with Crippen LogP contribution < -0.4 is 0 Å². The summed E-state index contributed by atoms with van der Waals surface area (Å²) in [7, 11) is 0.990. The number of hydrogen-bond acceptors (Lipinski definition) is 10. The van der Waals surface area contributed by atoms with Crippen LogP contribution in [0.25, 0.3) is 0 Å². The van der Waals surface area contributed by atoms with Gasteiger partial charge in [0.05, 0.1) is 12.3 Å². The number of methoxy groups -OCH3 is 1. The van der Waals surface area contributed by atoms with Crippen LogP contribution in [-0.4, -0.2) is 114 Å². The van der Waals surface area contributed by atoms with E-state index in [2.05, 4.69) is 9.47 Å². The quantitative estimate of drug-likeness (QED) is 0.147. The lowest BCUT2D eigenvalue weighted by Gasteiger charge is -2.21. The molecule has 0 aliphatic carbocycles. The highest BCUT2D eigenvalue weighted by Gasteiger charge is 2.37. The Morgan fingerprint density at radius 3 is 0.933 bits per heavy atom. The minimum Gasteiger partial charge on any atom is -0.481 e. The van der Waals surface area contributed by atoms with E-state index in [9.17, 15) is 33.6 Å². The first-order chi connectivity index (χ1) is 19.6. The van der Waals surface area contributed by atoms with E-state index < -0.39 is 72.0 Å². The second-order valence-electron chi connectivity index (χ2n) is 6.72. The Bertz CT molecular complexity index is 777. The zero-order valence-electron chi connectivity index (χ0n) is 26.1. The summed E-state index contributed by atoms with van der Waals surface area (Å²) in [6.45, 7) is 14.7. The van der Waals surface area contributed by atoms with Crippen molar-refractivity contribution in [2.24, 2.45) is 5.92 Å². The Kier molecular flexibility index (Phi) is 62.6. The second-order valence-corrected chi connectivity index (χ2v) is 6.72. The normalized spacial score (nSPS) is 10.7. The van der Waals surface area contributed by atoms with Gasteiger partial charge in [-0.25, -0.2) is 14.4 Å². The molecule has 0 rings (SSSR count). The minimum atomic E-state index is -1.88. The van der Waals surface area contributed by atoms with E-state index in [1.807, 2.05) is 27.7 Å². The van der Waals surface area contributed by atoms with Crippen molar-refractivity contribution in [1.29, 1.82) is 0 Å². The molecule has 0 aromatic rings. The van der Waals surface area contributed by atoms with Gasteiger partial charge in [-0.3, -0.25) is 24.0 Å². The Hall–Kier alpha value is -4.32. The van der Waals surface area contributed by atoms with Gasteiger partial charge in [0.25, 0.3) is 5.97 Å². The molecule has 0 fully saturated rings. The second kappa shape index (κ2) is 44.1. The van der Waals surface area contributed by atoms with Gasteiger partial charge in [-0.15, -0.1) is 0 Å². The SMILES string of the molecule is C.C.CC.CC.CC(=O)O.CC(CC(=O)O)C(=O)O.CCC(=O)O.CCC(=O)O.COC(C(=O)O)C(OC(C)C(=O)O)C(=O)O. The summed E-state index contributed by atoms with van der Waals surface area (Å²) < 4.78 is 9.00. The molecule has 4 atom stereocenters. The van der Waals surface area contributed by atoms with Crippen LogP contribution in [0.15, 0.2) is 0 Å². The van der Waals surface area contributed by atoms with Gasteiger partial charge in [0.1, 0.15) is 0 Å². The average Bonchev–Trinajstić information content (AvgIpc) is 2.90. The van der Waals surface area contributed by atoms with E-state index in [1.165, 1.54) is 6.92 Å². The summed E-state index contributed by atoms with van der Waals surface area (Å²) in [4.78, 5) is 79.3. The Morgan fingerprint density at radius 1 is 0.556 bits per heavy atom. The van der Waals surface area contributed by atoms with E-state index in [0.29, 0.717) is 0 Å². The first kappa shape index (κ1) is 63.8. The molecule has 0 saturated heterocycles. The number of rotatable bonds is 12. The number of carbonyl (C=O) groups is 8. The van der Waals surface area contributed by atoms with E-state index >= 15 is 0 Å². The average molecular weight is 669 g/mol. The molecule has 0 saturated carbocycles. The highest BCUT2D eigenvalue weighted by atomic mass is 16.6. The molecule has 8 N–H and O–H groups in total. The number of carboxylic acids is 8. The molecule has 272 valence electrons. The van der Waals surface area contributed by atoms with Crippen LogP contribution in [-0.2, 0) is 47.8 Å². The third-order valence-corrected chi connectivity index (χ3v) is 3.22. The van der Waals surface area contributed by atoms with Gasteiger partial charge < -0.3 is 50.3 Å². The first-order valence-electron chi connectivity index (χ1n) is 12.6. The minimum absolute atomic E-state index is 0. The summed E-state index contributed by atoms with van der Waals surface area (Å²) in [6, 6.07) is 0. The molecular formula is C27H56O18. The zero-order valence-corrected chi connectivity index (χ0v) is 26.1. The fourth-order valence-corrected chi connectivity index (χ4v) is 1.24. The van der Waals surface area contributed by atoms with E-state index in [1.54, 1.807) is 13.8 Å². The van der Waals surface area contributed by atoms with Crippen molar-refractivity contribution in [1.82, 2.24) is 0 Å². The fraction of sp³-hybridized carbons (Fsp3) is 0.704. The summed E-state index contributed by atoms with van der Waals surface area (Å²) in [6.07, 6.45) is -4.96. The number of aliphatic carboxylic acids is 8. The third kappa shape index (κ3) is 64.0. The van der Waals surface area contributed by atoms with Crippen molar-refractivity contribution < 1.29 is 88.7 Å². The van der Waals surface area contributed by atoms with Crippen molar-refractivity contribution in [3.05, 3.63) is 0 Å². The van der Waals surface area contributed by atoms with Crippen LogP contribution >= 0.6 is 0 Å². The van der Waals surface area contributed by atoms with Crippen LogP contribution in [0, 0.1) is 5.92 Å². The maximum absolute atomic E-state index is 10.7. The lowest BCUT2D eigenvalue weighted by molar-refractivity contribution is -0.183. The van der Waals surface area contributed by atoms with Crippen molar-refractivity contribution in [3.63, 3.8) is 0 Å². The molecule has 0 aliphatic heterocycles. The molecule has 18 heteroatoms. The van der Waals surface area contributed by atoms with E-state index in [0.717, 1.165) is 21.0 Å². The van der Waals surface area contributed by atoms with Crippen molar-refractivity contribution in [2.75, 3.05) is 7.11 Å². The molecule has 0 radical (unpaired) electrons. The van der Waals surface area contributed by atoms with Crippen LogP contribution in [0.4, 0.5) is 0 Å². The summed E-state index contributed by atoms with van der Waals surface area (Å²) in [5.41, 5.74) is 0. The molecule has 4 unspecified atom stereocenters. The molecule has 0 aromatic heterocycles. The third-order valence-electron chi connectivity index (χ3n) is 3.22. The summed E-state index contributed by atoms with van der Waals surface area (Å²) in [5, 5.41) is 64.9. The van der Waals surface area contributed by atoms with Crippen molar-refractivity contribution in [2.45, 2.75) is 115 Å². The molecule has 0 heterocycles. The van der Waals surface area contributed by atoms with Crippen molar-refractivity contribution in [3.8, 4) is 0 Å². The maximum atomic E-state index is 10.7. The van der Waals surface area contributed by atoms with Gasteiger partial charge in [0.2, 0.25) is 0 Å². The lowest BCUT2D eigenvalue weighted by Crippen LogP contribution is -2.45. The molecule has 45 heavy (non-hydrogen) atoms. The number of carboxylic acid groups (broad SMARTS) is 8. The van der Waals surface area contributed by atoms with Gasteiger partial charge in [0.15, 0.2) is 18.3 Å². The number of ether oxygens (including phenoxy) is 2. The largest absolute Gasteiger partial charge is 0.481 e. The van der Waals surface area contributed by atoms with Crippen LogP contribution in [0.2, 0.25) is 0 Å². The van der Waals surface area contributed by atoms with E-state index in [-0.39, 0.29) is 34.1 Å². The molecule has 0 amide bonds. The van der Waals surface area contributed by atoms with E-state index in [4.69, 9.17) is 45.6 Å². The predicted octanol–water partition coefficient (Wildman–Crippen LogP) is 3.59. The van der Waals surface area contributed by atoms with Gasteiger partial charge in [-0.1, -0.05) is 63.3 Å². The smallest absolute Gasteiger partial charge is 0.336 e. The summed E-state index contributed by atoms with van der Waals surface area (Å²) in [5.74, 6) is -9.82. The molecule has 0 aliphatic rings. The van der Waals surface area contributed by atoms with Crippen LogP contribution in [0.5, 0.6) is 0 Å². The molecule has 18 nitrogen and oxygen atoms in total. The Balaban J connectivity index is -0.0000000545. The predicted molar refractivity (Wildman–Crippen MR) is 162 cm³/mol. The highest BCUT2D eigenvalue weighted by molar-refractivity contribution is 5.84. The zero-order chi connectivity index (χ0) is 36.5. The van der Waals surface area contributed by atoms with Gasteiger partial charge in [-0.05, 0) is 6.92 Å². The standard InChI is InChI=1S/C8H12O8.C5H8O4.2C3H6O2.C2H4O2.2C2H6.2CH4/c1-3(6(9)10)16-5(8(13)14)4(15-2)7(11)12;1-3(5(8)9)2-4(6)7;2*1-2-3(4)5;1-2(3)4;2*1-2;;/h3-5H,1-2H3,(H,9,10)(H,11,12)(H,13,14);3H,2H2,1H3,(H,6,7)(H,8,9);2*2H2,1H3,(H,4,5);1H3,(H,3,4);2*1-2H3;2*1H4. The lowest BCUT2D eigenvalue weighted by atomic mass is 10.1. The maximum Gasteiger partial charge on any atom is 0.336 e. The highest BCUT2D eigenvalue weighted by Crippen LogP contribution is 2.08. The van der Waals surface area contributed by atoms with Gasteiger partial charge in [0, 0.05) is 26.9 Å². The van der Waals surface area contributed by atoms with Crippen LogP contribution in [0.1, 0.15) is 96.4 Å². The summed E-state index contributed by atoms with van der Waals surface area (Å²) >= 11 is 0. The van der Waals surface area contributed by atoms with Crippen LogP contribution in [0.3, 0.4) is 0 Å². The first-order valence-corrected chi connectivity index (χ1v) is 12.6. The topological polar surface area (TPSA) is 317 Å². The number of hydrogen-bond donors (Lipinski definition) is 8. The van der Waals surface area contributed by atoms with Gasteiger partial charge in [-0.2, -0.15) is 0 Å². The molecular weight excluding hydrogens is 612 g/mol. The molecule has 0 bridgehead atoms. The Morgan fingerprint density at radius 2 is 0.822 bits per heavy atom. The van der Waals surface area contributed by atoms with Gasteiger partial charge >= 0.3 is 41.8 Å². The monoisotopic (exact) mass is 668 g/mol.